The Morgan fingerprint density at radius 3 is 1.22 bits per heavy atom. The quantitative estimate of drug-likeness (QED) is 0.0764. The molecule has 3 aromatic carbocycles. The van der Waals surface area contributed by atoms with Crippen LogP contribution in [0.15, 0.2) is 109 Å². The van der Waals surface area contributed by atoms with Crippen LogP contribution in [-0.4, -0.2) is 111 Å². The molecule has 6 aromatic rings. The highest BCUT2D eigenvalue weighted by Gasteiger charge is 2.54. The van der Waals surface area contributed by atoms with E-state index in [0.29, 0.717) is 71.7 Å². The first kappa shape index (κ1) is 75.2. The van der Waals surface area contributed by atoms with Crippen molar-refractivity contribution in [2.45, 2.75) is 193 Å². The number of carbonyl (C=O) groups excluding carboxylic acids is 6. The van der Waals surface area contributed by atoms with Gasteiger partial charge in [0.15, 0.2) is 0 Å². The second-order valence-electron chi connectivity index (χ2n) is 30.5. The van der Waals surface area contributed by atoms with Crippen LogP contribution in [0.3, 0.4) is 0 Å². The van der Waals surface area contributed by atoms with E-state index in [4.69, 9.17) is 46.5 Å². The fourth-order valence-corrected chi connectivity index (χ4v) is 12.9. The number of aromatic nitrogens is 3. The Labute approximate surface area is 595 Å². The van der Waals surface area contributed by atoms with Gasteiger partial charge in [0.1, 0.15) is 34.3 Å². The van der Waals surface area contributed by atoms with E-state index < -0.39 is 27.6 Å². The average molecular weight is 1410 g/mol. The lowest BCUT2D eigenvalue weighted by atomic mass is 10.0. The zero-order valence-corrected chi connectivity index (χ0v) is 61.0. The maximum atomic E-state index is 13.2. The highest BCUT2D eigenvalue weighted by Crippen LogP contribution is 2.58. The van der Waals surface area contributed by atoms with E-state index in [1.54, 1.807) is 14.7 Å². The minimum Gasteiger partial charge on any atom is -0.443 e. The van der Waals surface area contributed by atoms with Crippen LogP contribution in [0.1, 0.15) is 230 Å². The molecule has 0 spiro atoms. The molecular weight excluding hydrogens is 1310 g/mol. The standard InChI is InChI=1S/C24H26FN3O3.C24H28FN3O3.C17H23N3O2.C7H4ClFO.C6H15N/c1-23(2,3)31-22(30)28-13-15-12-17(15)20-18(28)8-9-19(26-20)24(10-11-24)27-21(29)14-4-6-16(25)7-5-14;1-5-18(27-22(29)14-6-8-16(25)9-7-14)19-10-11-20-21(26-19)17-12-15(17)13-28(20)23(30)31-24(2,3)4;1-16(2,3)22-15(21)20-9-10-8-11(10)14-12(20)4-5-13(19-14)17(18)6-7-17;8-7(10)5-1-3-6(9)4-2-5;1-4-7(5-2)6-3/h4-9,15,17H,10-13H2,1-3H3,(H,27,29);6-11,15,17-18H,5,12-13H2,1-4H3,(H,27,29);4-5,10-11H,6-9,18H2,1-3H3;1-4H;4-6H2,1-3H3. The van der Waals surface area contributed by atoms with Crippen molar-refractivity contribution in [1.29, 1.82) is 0 Å². The van der Waals surface area contributed by atoms with Gasteiger partial charge in [-0.2, -0.15) is 0 Å². The molecule has 14 rings (SSSR count). The van der Waals surface area contributed by atoms with E-state index in [9.17, 15) is 41.9 Å². The summed E-state index contributed by atoms with van der Waals surface area (Å²) in [5.41, 5.74) is 13.0. The van der Waals surface area contributed by atoms with E-state index in [0.717, 1.165) is 103 Å². The lowest BCUT2D eigenvalue weighted by Crippen LogP contribution is -2.41. The molecule has 3 aromatic heterocycles. The van der Waals surface area contributed by atoms with Crippen LogP contribution >= 0.6 is 11.6 Å². The zero-order valence-electron chi connectivity index (χ0n) is 60.2. The van der Waals surface area contributed by atoms with Crippen molar-refractivity contribution in [3.05, 3.63) is 178 Å². The van der Waals surface area contributed by atoms with Crippen LogP contribution in [-0.2, 0) is 25.3 Å². The van der Waals surface area contributed by atoms with Crippen LogP contribution in [0.5, 0.6) is 0 Å². The number of rotatable bonds is 12. The van der Waals surface area contributed by atoms with Crippen LogP contribution < -0.4 is 31.1 Å². The van der Waals surface area contributed by atoms with Crippen molar-refractivity contribution in [3.63, 3.8) is 0 Å². The fourth-order valence-electron chi connectivity index (χ4n) is 12.8. The van der Waals surface area contributed by atoms with Gasteiger partial charge in [-0.3, -0.25) is 44.0 Å². The number of pyridine rings is 3. The Kier molecular flexibility index (Phi) is 22.5. The number of hydrogen-bond acceptors (Lipinski definition) is 14. The van der Waals surface area contributed by atoms with Crippen molar-refractivity contribution in [1.82, 2.24) is 30.5 Å². The van der Waals surface area contributed by atoms with Crippen molar-refractivity contribution in [2.75, 3.05) is 54.0 Å². The Hall–Kier alpha value is -8.47. The van der Waals surface area contributed by atoms with E-state index in [1.165, 1.54) is 92.4 Å². The first-order valence-electron chi connectivity index (χ1n) is 35.3. The number of nitrogens with one attached hydrogen (secondary N) is 2. The van der Waals surface area contributed by atoms with Gasteiger partial charge >= 0.3 is 18.3 Å². The molecule has 5 saturated carbocycles. The number of fused-ring (bicyclic) bond motifs is 9. The number of hydrogen-bond donors (Lipinski definition) is 3. The highest BCUT2D eigenvalue weighted by atomic mass is 35.5. The molecule has 6 heterocycles. The van der Waals surface area contributed by atoms with Gasteiger partial charge in [0.05, 0.1) is 68.3 Å². The van der Waals surface area contributed by atoms with Crippen LogP contribution in [0, 0.1) is 35.2 Å². The molecule has 8 aliphatic rings. The second kappa shape index (κ2) is 30.2. The summed E-state index contributed by atoms with van der Waals surface area (Å²) < 4.78 is 55.2. The van der Waals surface area contributed by atoms with E-state index >= 15 is 0 Å². The molecule has 4 N–H and O–H groups in total. The molecule has 540 valence electrons. The van der Waals surface area contributed by atoms with Crippen LogP contribution in [0.25, 0.3) is 0 Å². The largest absolute Gasteiger partial charge is 0.443 e. The van der Waals surface area contributed by atoms with Gasteiger partial charge in [-0.15, -0.1) is 0 Å². The Morgan fingerprint density at radius 2 is 0.871 bits per heavy atom. The summed E-state index contributed by atoms with van der Waals surface area (Å²) in [5.74, 6) is 0.895. The molecule has 101 heavy (non-hydrogen) atoms. The number of carbonyl (C=O) groups is 6. The Bertz CT molecular complexity index is 4010. The summed E-state index contributed by atoms with van der Waals surface area (Å²) >= 11 is 5.09. The second-order valence-corrected chi connectivity index (χ2v) is 30.8. The number of nitrogens with two attached hydrogens (primary N) is 1. The number of benzene rings is 3. The van der Waals surface area contributed by atoms with Crippen molar-refractivity contribution >= 4 is 64.0 Å². The molecule has 5 amide bonds. The molecule has 3 aliphatic heterocycles. The molecule has 23 heteroatoms. The molecule has 5 aliphatic carbocycles. The van der Waals surface area contributed by atoms with Gasteiger partial charge in [-0.05, 0) is 272 Å². The average Bonchev–Trinajstić information content (AvgIpc) is 1.58. The van der Waals surface area contributed by atoms with E-state index in [2.05, 4.69) is 36.3 Å². The first-order chi connectivity index (χ1) is 47.6. The van der Waals surface area contributed by atoms with E-state index in [-0.39, 0.29) is 59.1 Å². The van der Waals surface area contributed by atoms with Gasteiger partial charge < -0.3 is 35.5 Å². The fraction of sp³-hybridized carbons (Fsp3) is 0.500. The highest BCUT2D eigenvalue weighted by molar-refractivity contribution is 6.67. The maximum Gasteiger partial charge on any atom is 0.414 e. The molecule has 7 unspecified atom stereocenters. The molecule has 5 fully saturated rings. The number of nitrogens with zero attached hydrogens (tertiary/aromatic N) is 7. The summed E-state index contributed by atoms with van der Waals surface area (Å²) in [6, 6.07) is 27.3. The predicted molar refractivity (Wildman–Crippen MR) is 383 cm³/mol. The van der Waals surface area contributed by atoms with Crippen molar-refractivity contribution < 1.29 is 56.1 Å². The number of ether oxygens (including phenoxy) is 3. The minimum absolute atomic E-state index is 0.229. The normalized spacial score (nSPS) is 20.9. The summed E-state index contributed by atoms with van der Waals surface area (Å²) in [6.45, 7) is 30.9. The molecule has 7 atom stereocenters. The van der Waals surface area contributed by atoms with Gasteiger partial charge in [0, 0.05) is 54.1 Å². The molecule has 0 saturated heterocycles. The monoisotopic (exact) mass is 1410 g/mol. The van der Waals surface area contributed by atoms with Crippen molar-refractivity contribution in [2.24, 2.45) is 23.5 Å². The summed E-state index contributed by atoms with van der Waals surface area (Å²) in [5, 5.41) is 5.51. The number of halogens is 4. The zero-order chi connectivity index (χ0) is 73.3. The third-order valence-corrected chi connectivity index (χ3v) is 19.3. The van der Waals surface area contributed by atoms with Gasteiger partial charge in [0.2, 0.25) is 0 Å². The Balaban J connectivity index is 0.000000148. The Morgan fingerprint density at radius 1 is 0.515 bits per heavy atom. The molecular formula is C78H96ClF3N10O9. The lowest BCUT2D eigenvalue weighted by molar-refractivity contribution is 0.0565. The molecule has 0 radical (unpaired) electrons. The first-order valence-corrected chi connectivity index (χ1v) is 35.7. The smallest absolute Gasteiger partial charge is 0.414 e. The molecule has 0 bridgehead atoms. The minimum atomic E-state index is -0.569. The third-order valence-electron chi connectivity index (χ3n) is 19.1. The third kappa shape index (κ3) is 19.0. The van der Waals surface area contributed by atoms with Gasteiger partial charge in [0.25, 0.3) is 17.1 Å². The predicted octanol–water partition coefficient (Wildman–Crippen LogP) is 15.9. The topological polar surface area (TPSA) is 232 Å². The maximum absolute atomic E-state index is 13.2. The van der Waals surface area contributed by atoms with Crippen LogP contribution in [0.4, 0.5) is 44.6 Å². The molecule has 19 nitrogen and oxygen atoms in total. The number of amides is 5. The summed E-state index contributed by atoms with van der Waals surface area (Å²) in [7, 11) is 0. The lowest BCUT2D eigenvalue weighted by Gasteiger charge is -2.31. The SMILES string of the molecule is CC(C)(C)OC(=O)N1CC2CC2c2nc(C3(N)CC3)ccc21.CC(C)(C)OC(=O)N1CC2CC2c2nc(C3(NC(=O)c4ccc(F)cc4)CC3)ccc21.CCC(NC(=O)c1ccc(F)cc1)c1ccc2c(n1)C1CC1CN2C(=O)OC(C)(C)C.CCN(CC)CC.O=C(Cl)c1ccc(F)cc1. The van der Waals surface area contributed by atoms with Gasteiger partial charge in [-0.1, -0.05) is 27.7 Å². The van der Waals surface area contributed by atoms with E-state index in [1.807, 2.05) is 106 Å². The number of anilines is 3. The van der Waals surface area contributed by atoms with Crippen molar-refractivity contribution in [3.8, 4) is 0 Å². The van der Waals surface area contributed by atoms with Crippen LogP contribution in [0.2, 0.25) is 0 Å². The summed E-state index contributed by atoms with van der Waals surface area (Å²) in [6.07, 6.45) is 6.41. The van der Waals surface area contributed by atoms with Gasteiger partial charge in [-0.25, -0.2) is 27.6 Å². The summed E-state index contributed by atoms with van der Waals surface area (Å²) in [4.78, 5) is 95.8.